The summed E-state index contributed by atoms with van der Waals surface area (Å²) in [6.07, 6.45) is 1.19. The van der Waals surface area contributed by atoms with E-state index in [2.05, 4.69) is 4.98 Å². The summed E-state index contributed by atoms with van der Waals surface area (Å²) in [5, 5.41) is 2.88. The number of carbonyl (C=O) groups excluding carboxylic acids is 1. The number of nitrogens with zero attached hydrogens (tertiary/aromatic N) is 2. The molecule has 3 rings (SSSR count). The van der Waals surface area contributed by atoms with E-state index in [1.165, 1.54) is 4.90 Å². The summed E-state index contributed by atoms with van der Waals surface area (Å²) in [5.41, 5.74) is 0.878. The van der Waals surface area contributed by atoms with E-state index >= 15 is 0 Å². The first kappa shape index (κ1) is 19.0. The third-order valence-electron chi connectivity index (χ3n) is 4.62. The van der Waals surface area contributed by atoms with Crippen LogP contribution in [-0.2, 0) is 20.8 Å². The fraction of sp³-hybridized carbons (Fsp3) is 0.474. The number of morpholine rings is 1. The summed E-state index contributed by atoms with van der Waals surface area (Å²) in [7, 11) is 1.59. The first-order valence-corrected chi connectivity index (χ1v) is 9.82. The summed E-state index contributed by atoms with van der Waals surface area (Å²) in [6, 6.07) is 9.66. The molecule has 0 bridgehead atoms. The molecule has 1 amide bonds. The molecule has 2 aromatic rings. The molecular weight excluding hydrogens is 350 g/mol. The molecule has 0 unspecified atom stereocenters. The van der Waals surface area contributed by atoms with E-state index < -0.39 is 6.10 Å². The van der Waals surface area contributed by atoms with Crippen LogP contribution in [0, 0.1) is 0 Å². The lowest BCUT2D eigenvalue weighted by Gasteiger charge is -2.29. The Bertz CT molecular complexity index is 660. The Morgan fingerprint density at radius 3 is 2.77 bits per heavy atom. The van der Waals surface area contributed by atoms with Crippen LogP contribution in [-0.4, -0.2) is 62.3 Å². The fourth-order valence-corrected chi connectivity index (χ4v) is 3.77. The van der Waals surface area contributed by atoms with Crippen molar-refractivity contribution in [2.75, 3.05) is 46.5 Å². The second-order valence-corrected chi connectivity index (χ2v) is 7.30. The van der Waals surface area contributed by atoms with Gasteiger partial charge in [0.15, 0.2) is 6.10 Å². The highest BCUT2D eigenvalue weighted by atomic mass is 32.1. The van der Waals surface area contributed by atoms with E-state index in [1.807, 2.05) is 40.6 Å². The molecule has 140 valence electrons. The van der Waals surface area contributed by atoms with Crippen molar-refractivity contribution in [3.05, 3.63) is 52.5 Å². The van der Waals surface area contributed by atoms with E-state index in [4.69, 9.17) is 9.47 Å². The molecule has 0 spiro atoms. The van der Waals surface area contributed by atoms with E-state index in [1.54, 1.807) is 24.6 Å². The Hall–Kier alpha value is -1.80. The van der Waals surface area contributed by atoms with Crippen molar-refractivity contribution in [2.24, 2.45) is 0 Å². The van der Waals surface area contributed by atoms with Gasteiger partial charge in [0.2, 0.25) is 0 Å². The van der Waals surface area contributed by atoms with E-state index in [0.29, 0.717) is 13.1 Å². The van der Waals surface area contributed by atoms with Crippen LogP contribution in [0.15, 0.2) is 41.9 Å². The third kappa shape index (κ3) is 5.11. The highest BCUT2D eigenvalue weighted by Crippen LogP contribution is 2.20. The van der Waals surface area contributed by atoms with Crippen LogP contribution in [0.2, 0.25) is 0 Å². The number of methoxy groups -OCH3 is 1. The van der Waals surface area contributed by atoms with Gasteiger partial charge < -0.3 is 19.3 Å². The normalized spacial score (nSPS) is 16.3. The minimum Gasteiger partial charge on any atom is -0.370 e. The molecule has 0 saturated carbocycles. The predicted octanol–water partition coefficient (Wildman–Crippen LogP) is 0.775. The number of rotatable bonds is 8. The maximum absolute atomic E-state index is 13.2. The monoisotopic (exact) mass is 376 g/mol. The van der Waals surface area contributed by atoms with Gasteiger partial charge in [-0.05, 0) is 5.56 Å². The van der Waals surface area contributed by atoms with Crippen molar-refractivity contribution < 1.29 is 19.2 Å². The molecule has 1 fully saturated rings. The number of aromatic nitrogens is 1. The molecule has 1 N–H and O–H groups in total. The van der Waals surface area contributed by atoms with Crippen LogP contribution >= 0.6 is 11.3 Å². The van der Waals surface area contributed by atoms with E-state index in [-0.39, 0.29) is 5.91 Å². The van der Waals surface area contributed by atoms with Crippen molar-refractivity contribution in [2.45, 2.75) is 12.6 Å². The number of hydrogen-bond acceptors (Lipinski definition) is 5. The Morgan fingerprint density at radius 1 is 1.35 bits per heavy atom. The molecule has 7 heteroatoms. The predicted molar refractivity (Wildman–Crippen MR) is 100 cm³/mol. The smallest absolute Gasteiger partial charge is 0.256 e. The minimum atomic E-state index is -0.587. The Morgan fingerprint density at radius 2 is 2.12 bits per heavy atom. The standard InChI is InChI=1S/C19H25N3O3S/c1-24-18(16-5-3-2-4-6-16)19(23)22(15-17-20-7-14-26-17)9-8-21-10-12-25-13-11-21/h2-7,14,18H,8-13,15H2,1H3/p+1/t18-/m1/s1. The van der Waals surface area contributed by atoms with Crippen molar-refractivity contribution >= 4 is 17.2 Å². The number of thiazole rings is 1. The molecule has 1 saturated heterocycles. The topological polar surface area (TPSA) is 56.1 Å². The maximum Gasteiger partial charge on any atom is 0.256 e. The van der Waals surface area contributed by atoms with Crippen LogP contribution in [0.5, 0.6) is 0 Å². The van der Waals surface area contributed by atoms with Gasteiger partial charge in [-0.15, -0.1) is 11.3 Å². The van der Waals surface area contributed by atoms with Gasteiger partial charge in [-0.1, -0.05) is 30.3 Å². The van der Waals surface area contributed by atoms with Gasteiger partial charge in [-0.3, -0.25) is 4.79 Å². The van der Waals surface area contributed by atoms with Crippen LogP contribution in [0.3, 0.4) is 0 Å². The first-order valence-electron chi connectivity index (χ1n) is 8.94. The average molecular weight is 377 g/mol. The van der Waals surface area contributed by atoms with Gasteiger partial charge in [0.05, 0.1) is 32.8 Å². The van der Waals surface area contributed by atoms with E-state index in [9.17, 15) is 4.79 Å². The van der Waals surface area contributed by atoms with Crippen molar-refractivity contribution in [1.82, 2.24) is 9.88 Å². The first-order chi connectivity index (χ1) is 12.8. The molecule has 26 heavy (non-hydrogen) atoms. The number of nitrogens with one attached hydrogen (secondary N) is 1. The van der Waals surface area contributed by atoms with Gasteiger partial charge in [-0.25, -0.2) is 4.98 Å². The Kier molecular flexibility index (Phi) is 7.13. The number of quaternary nitrogens is 1. The molecule has 1 aromatic heterocycles. The van der Waals surface area contributed by atoms with Crippen molar-refractivity contribution in [3.63, 3.8) is 0 Å². The molecule has 1 aliphatic rings. The highest BCUT2D eigenvalue weighted by molar-refractivity contribution is 7.09. The Labute approximate surface area is 158 Å². The van der Waals surface area contributed by atoms with Crippen LogP contribution < -0.4 is 4.90 Å². The quantitative estimate of drug-likeness (QED) is 0.740. The minimum absolute atomic E-state index is 0.0124. The molecule has 0 radical (unpaired) electrons. The fourth-order valence-electron chi connectivity index (χ4n) is 3.14. The lowest BCUT2D eigenvalue weighted by atomic mass is 10.1. The van der Waals surface area contributed by atoms with Gasteiger partial charge in [0, 0.05) is 18.7 Å². The van der Waals surface area contributed by atoms with Crippen LogP contribution in [0.25, 0.3) is 0 Å². The summed E-state index contributed by atoms with van der Waals surface area (Å²) in [5.74, 6) is -0.0124. The second kappa shape index (κ2) is 9.78. The summed E-state index contributed by atoms with van der Waals surface area (Å²) in [4.78, 5) is 20.9. The molecule has 1 aromatic carbocycles. The molecule has 1 atom stereocenters. The number of amides is 1. The van der Waals surface area contributed by atoms with Gasteiger partial charge in [0.1, 0.15) is 18.1 Å². The number of benzene rings is 1. The zero-order chi connectivity index (χ0) is 18.2. The summed E-state index contributed by atoms with van der Waals surface area (Å²) in [6.45, 7) is 5.68. The highest BCUT2D eigenvalue weighted by Gasteiger charge is 2.27. The van der Waals surface area contributed by atoms with Gasteiger partial charge in [0.25, 0.3) is 5.91 Å². The van der Waals surface area contributed by atoms with Crippen LogP contribution in [0.4, 0.5) is 0 Å². The molecule has 1 aliphatic heterocycles. The maximum atomic E-state index is 13.2. The average Bonchev–Trinajstić information content (AvgIpc) is 3.20. The number of carbonyl (C=O) groups is 1. The molecule has 6 nitrogen and oxygen atoms in total. The Balaban J connectivity index is 1.71. The van der Waals surface area contributed by atoms with Crippen molar-refractivity contribution in [1.29, 1.82) is 0 Å². The van der Waals surface area contributed by atoms with Gasteiger partial charge in [-0.2, -0.15) is 0 Å². The molecule has 2 heterocycles. The molecular formula is C19H26N3O3S+. The largest absolute Gasteiger partial charge is 0.370 e. The third-order valence-corrected chi connectivity index (χ3v) is 5.38. The number of ether oxygens (including phenoxy) is 2. The summed E-state index contributed by atoms with van der Waals surface area (Å²) < 4.78 is 11.0. The number of hydrogen-bond donors (Lipinski definition) is 1. The van der Waals surface area contributed by atoms with Gasteiger partial charge >= 0.3 is 0 Å². The van der Waals surface area contributed by atoms with Crippen LogP contribution in [0.1, 0.15) is 16.7 Å². The lowest BCUT2D eigenvalue weighted by molar-refractivity contribution is -0.907. The zero-order valence-electron chi connectivity index (χ0n) is 15.1. The second-order valence-electron chi connectivity index (χ2n) is 6.32. The lowest BCUT2D eigenvalue weighted by Crippen LogP contribution is -3.14. The zero-order valence-corrected chi connectivity index (χ0v) is 15.9. The van der Waals surface area contributed by atoms with Crippen molar-refractivity contribution in [3.8, 4) is 0 Å². The molecule has 0 aliphatic carbocycles. The summed E-state index contributed by atoms with van der Waals surface area (Å²) >= 11 is 1.57. The SMILES string of the molecule is CO[C@@H](C(=O)N(CC[NH+]1CCOCC1)Cc1nccs1)c1ccccc1. The van der Waals surface area contributed by atoms with E-state index in [0.717, 1.165) is 43.4 Å².